The summed E-state index contributed by atoms with van der Waals surface area (Å²) in [4.78, 5) is 38.2. The Balaban J connectivity index is 4.22. The van der Waals surface area contributed by atoms with Gasteiger partial charge in [0.1, 0.15) is 13.2 Å². The molecule has 6 heteroatoms. The number of hydrogen-bond donors (Lipinski definition) is 0. The zero-order chi connectivity index (χ0) is 55.0. The fourth-order valence-electron chi connectivity index (χ4n) is 8.75. The van der Waals surface area contributed by atoms with Crippen molar-refractivity contribution in [1.82, 2.24) is 0 Å². The lowest BCUT2D eigenvalue weighted by molar-refractivity contribution is -0.167. The third kappa shape index (κ3) is 60.9. The summed E-state index contributed by atoms with van der Waals surface area (Å²) in [5.41, 5.74) is 0. The average molecular weight is 1060 g/mol. The first-order valence-electron chi connectivity index (χ1n) is 31.9. The Morgan fingerprint density at radius 1 is 0.276 bits per heavy atom. The third-order valence-corrected chi connectivity index (χ3v) is 13.5. The average Bonchev–Trinajstić information content (AvgIpc) is 3.42. The predicted molar refractivity (Wildman–Crippen MR) is 330 cm³/mol. The number of rotatable bonds is 57. The van der Waals surface area contributed by atoms with Crippen molar-refractivity contribution in [3.8, 4) is 0 Å². The molecule has 1 unspecified atom stereocenters. The van der Waals surface area contributed by atoms with Gasteiger partial charge in [-0.1, -0.05) is 278 Å². The van der Waals surface area contributed by atoms with Crippen LogP contribution in [0, 0.1) is 0 Å². The molecule has 1 atom stereocenters. The van der Waals surface area contributed by atoms with Gasteiger partial charge in [0.05, 0.1) is 0 Å². The van der Waals surface area contributed by atoms with Crippen LogP contribution in [-0.4, -0.2) is 37.2 Å². The number of carbonyl (C=O) groups is 3. The minimum Gasteiger partial charge on any atom is -0.462 e. The highest BCUT2D eigenvalue weighted by Crippen LogP contribution is 2.15. The third-order valence-electron chi connectivity index (χ3n) is 13.5. The van der Waals surface area contributed by atoms with E-state index in [1.165, 1.54) is 128 Å². The van der Waals surface area contributed by atoms with Gasteiger partial charge in [0.25, 0.3) is 0 Å². The van der Waals surface area contributed by atoms with Crippen molar-refractivity contribution in [2.75, 3.05) is 13.2 Å². The Kier molecular flexibility index (Phi) is 60.3. The molecule has 0 aliphatic rings. The first kappa shape index (κ1) is 72.1. The number of allylic oxidation sites excluding steroid dienone is 18. The summed E-state index contributed by atoms with van der Waals surface area (Å²) in [7, 11) is 0. The SMILES string of the molecule is CC/C=C\C/C=C\C/C=C\C/C=C\C/C=C\C/C=C\C/C=C\C/C=C\CCCCCCCCCCC(=O)OCC(COC(=O)CCCCCCCCCCCCC)OC(=O)CCCCCCC/C=C\CCCCCCC. The largest absolute Gasteiger partial charge is 0.462 e. The van der Waals surface area contributed by atoms with E-state index in [2.05, 4.69) is 130 Å². The molecule has 76 heavy (non-hydrogen) atoms. The molecule has 6 nitrogen and oxygen atoms in total. The van der Waals surface area contributed by atoms with Crippen LogP contribution < -0.4 is 0 Å². The maximum atomic E-state index is 12.8. The first-order chi connectivity index (χ1) is 37.5. The Morgan fingerprint density at radius 2 is 0.513 bits per heavy atom. The second-order valence-electron chi connectivity index (χ2n) is 20.9. The van der Waals surface area contributed by atoms with E-state index in [-0.39, 0.29) is 31.1 Å². The van der Waals surface area contributed by atoms with E-state index < -0.39 is 6.10 Å². The Hall–Kier alpha value is -3.93. The Bertz CT molecular complexity index is 1540. The molecule has 0 aromatic heterocycles. The van der Waals surface area contributed by atoms with Gasteiger partial charge < -0.3 is 14.2 Å². The van der Waals surface area contributed by atoms with Gasteiger partial charge in [-0.15, -0.1) is 0 Å². The zero-order valence-corrected chi connectivity index (χ0v) is 49.7. The zero-order valence-electron chi connectivity index (χ0n) is 49.7. The van der Waals surface area contributed by atoms with Gasteiger partial charge in [-0.3, -0.25) is 14.4 Å². The van der Waals surface area contributed by atoms with E-state index in [0.29, 0.717) is 19.3 Å². The second-order valence-corrected chi connectivity index (χ2v) is 20.9. The maximum Gasteiger partial charge on any atom is 0.306 e. The topological polar surface area (TPSA) is 78.9 Å². The molecular weight excluding hydrogens is 937 g/mol. The van der Waals surface area contributed by atoms with E-state index >= 15 is 0 Å². The molecule has 0 N–H and O–H groups in total. The number of esters is 3. The van der Waals surface area contributed by atoms with Gasteiger partial charge >= 0.3 is 17.9 Å². The lowest BCUT2D eigenvalue weighted by Gasteiger charge is -2.18. The molecule has 0 saturated heterocycles. The highest BCUT2D eigenvalue weighted by Gasteiger charge is 2.19. The minimum atomic E-state index is -0.784. The molecule has 0 aromatic carbocycles. The second kappa shape index (κ2) is 63.6. The van der Waals surface area contributed by atoms with E-state index in [9.17, 15) is 14.4 Å². The maximum absolute atomic E-state index is 12.8. The summed E-state index contributed by atoms with van der Waals surface area (Å²) in [6, 6.07) is 0. The smallest absolute Gasteiger partial charge is 0.306 e. The molecule has 0 bridgehead atoms. The number of hydrogen-bond acceptors (Lipinski definition) is 6. The molecule has 0 aliphatic carbocycles. The van der Waals surface area contributed by atoms with Gasteiger partial charge in [-0.2, -0.15) is 0 Å². The van der Waals surface area contributed by atoms with E-state index in [1.807, 2.05) is 0 Å². The molecule has 0 rings (SSSR count). The molecule has 0 fully saturated rings. The predicted octanol–water partition coefficient (Wildman–Crippen LogP) is 21.8. The Morgan fingerprint density at radius 3 is 0.816 bits per heavy atom. The molecular formula is C70H118O6. The van der Waals surface area contributed by atoms with Crippen molar-refractivity contribution in [1.29, 1.82) is 0 Å². The lowest BCUT2D eigenvalue weighted by atomic mass is 10.1. The summed E-state index contributed by atoms with van der Waals surface area (Å²) in [6.45, 7) is 6.51. The van der Waals surface area contributed by atoms with Crippen molar-refractivity contribution in [2.24, 2.45) is 0 Å². The molecule has 0 spiro atoms. The van der Waals surface area contributed by atoms with Crippen molar-refractivity contribution in [2.45, 2.75) is 303 Å². The van der Waals surface area contributed by atoms with Gasteiger partial charge in [-0.25, -0.2) is 0 Å². The molecule has 0 aliphatic heterocycles. The van der Waals surface area contributed by atoms with Crippen LogP contribution in [0.15, 0.2) is 109 Å². The van der Waals surface area contributed by atoms with Crippen molar-refractivity contribution in [3.63, 3.8) is 0 Å². The van der Waals surface area contributed by atoms with Crippen molar-refractivity contribution >= 4 is 17.9 Å². The molecule has 434 valence electrons. The molecule has 0 saturated carbocycles. The van der Waals surface area contributed by atoms with E-state index in [0.717, 1.165) is 128 Å². The van der Waals surface area contributed by atoms with Crippen LogP contribution >= 0.6 is 0 Å². The van der Waals surface area contributed by atoms with Crippen LogP contribution in [0.5, 0.6) is 0 Å². The number of unbranched alkanes of at least 4 members (excludes halogenated alkanes) is 28. The van der Waals surface area contributed by atoms with Gasteiger partial charge in [0.15, 0.2) is 6.10 Å². The van der Waals surface area contributed by atoms with Crippen LogP contribution in [0.3, 0.4) is 0 Å². The molecule has 0 aromatic rings. The van der Waals surface area contributed by atoms with Crippen LogP contribution in [0.1, 0.15) is 297 Å². The summed E-state index contributed by atoms with van der Waals surface area (Å²) < 4.78 is 16.9. The van der Waals surface area contributed by atoms with Crippen molar-refractivity contribution < 1.29 is 28.6 Å². The minimum absolute atomic E-state index is 0.0813. The fourth-order valence-corrected chi connectivity index (χ4v) is 8.75. The van der Waals surface area contributed by atoms with Crippen LogP contribution in [0.25, 0.3) is 0 Å². The monoisotopic (exact) mass is 1050 g/mol. The first-order valence-corrected chi connectivity index (χ1v) is 31.9. The van der Waals surface area contributed by atoms with E-state index in [1.54, 1.807) is 0 Å². The normalized spacial score (nSPS) is 12.8. The van der Waals surface area contributed by atoms with Gasteiger partial charge in [0, 0.05) is 19.3 Å². The van der Waals surface area contributed by atoms with Crippen LogP contribution in [-0.2, 0) is 28.6 Å². The van der Waals surface area contributed by atoms with Crippen molar-refractivity contribution in [3.05, 3.63) is 109 Å². The standard InChI is InChI=1S/C70H118O6/c1-4-7-10-13-16-19-22-24-26-27-28-29-30-31-32-33-34-35-36-37-38-39-40-41-42-43-44-46-48-51-54-57-60-63-69(72)75-66-67(65-74-68(71)62-59-56-53-50-47-21-18-15-12-9-6-3)76-70(73)64-61-58-55-52-49-45-25-23-20-17-14-11-8-5-2/h7,10,16,19,23-26,28-29,31-32,34-35,37-38,40-41,67H,4-6,8-9,11-15,17-18,20-22,27,30,33,36,39,42-66H2,1-3H3/b10-7-,19-16-,25-23-,26-24-,29-28-,32-31-,35-34-,38-37-,41-40-. The highest BCUT2D eigenvalue weighted by atomic mass is 16.6. The highest BCUT2D eigenvalue weighted by molar-refractivity contribution is 5.71. The quantitative estimate of drug-likeness (QED) is 0.0261. The lowest BCUT2D eigenvalue weighted by Crippen LogP contribution is -2.30. The van der Waals surface area contributed by atoms with Crippen LogP contribution in [0.2, 0.25) is 0 Å². The number of carbonyl (C=O) groups excluding carboxylic acids is 3. The van der Waals surface area contributed by atoms with Gasteiger partial charge in [0.2, 0.25) is 0 Å². The summed E-state index contributed by atoms with van der Waals surface area (Å²) in [5, 5.41) is 0. The van der Waals surface area contributed by atoms with Crippen LogP contribution in [0.4, 0.5) is 0 Å². The summed E-state index contributed by atoms with van der Waals surface area (Å²) in [5.74, 6) is -0.893. The molecule has 0 radical (unpaired) electrons. The summed E-state index contributed by atoms with van der Waals surface area (Å²) in [6.07, 6.45) is 86.7. The van der Waals surface area contributed by atoms with Gasteiger partial charge in [-0.05, 0) is 109 Å². The number of ether oxygens (including phenoxy) is 3. The fraction of sp³-hybridized carbons (Fsp3) is 0.700. The summed E-state index contributed by atoms with van der Waals surface area (Å²) >= 11 is 0. The van der Waals surface area contributed by atoms with E-state index in [4.69, 9.17) is 14.2 Å². The molecule has 0 heterocycles. The Labute approximate surface area is 470 Å². The molecule has 0 amide bonds.